The fourth-order valence-electron chi connectivity index (χ4n) is 2.65. The highest BCUT2D eigenvalue weighted by Gasteiger charge is 2.25. The highest BCUT2D eigenvalue weighted by Crippen LogP contribution is 2.25. The third-order valence-corrected chi connectivity index (χ3v) is 3.69. The number of amides is 1. The number of carbonyl (C=O) groups is 1. The molecule has 128 valence electrons. The maximum Gasteiger partial charge on any atom is 0.240 e. The van der Waals surface area contributed by atoms with E-state index in [2.05, 4.69) is 15.6 Å². The molecule has 0 radical (unpaired) electrons. The molecule has 0 spiro atoms. The zero-order chi connectivity index (χ0) is 16.8. The number of nitrogens with zero attached hydrogens (tertiary/aromatic N) is 2. The van der Waals surface area contributed by atoms with Gasteiger partial charge >= 0.3 is 0 Å². The minimum atomic E-state index is -0.235. The molecule has 2 atom stereocenters. The normalized spacial score (nSPS) is 22.5. The van der Waals surface area contributed by atoms with Gasteiger partial charge in [-0.05, 0) is 40.5 Å². The molecule has 2 unspecified atom stereocenters. The van der Waals surface area contributed by atoms with Gasteiger partial charge in [0.05, 0.1) is 12.6 Å². The second-order valence-corrected chi connectivity index (χ2v) is 7.11. The predicted octanol–water partition coefficient (Wildman–Crippen LogP) is 0.959. The van der Waals surface area contributed by atoms with Crippen molar-refractivity contribution in [2.75, 3.05) is 26.7 Å². The van der Waals surface area contributed by atoms with Crippen molar-refractivity contribution >= 4 is 11.9 Å². The summed E-state index contributed by atoms with van der Waals surface area (Å²) < 4.78 is 0. The van der Waals surface area contributed by atoms with Gasteiger partial charge in [-0.15, -0.1) is 0 Å². The van der Waals surface area contributed by atoms with Crippen LogP contribution in [0.1, 0.15) is 47.0 Å². The molecule has 1 aliphatic rings. The van der Waals surface area contributed by atoms with Crippen LogP contribution >= 0.6 is 0 Å². The minimum Gasteiger partial charge on any atom is -0.393 e. The molecule has 0 saturated heterocycles. The SMILES string of the molecule is CCNC(=NCC1CCCC1O)N(C)CC(=O)NC(C)(C)C. The van der Waals surface area contributed by atoms with Gasteiger partial charge in [0.25, 0.3) is 0 Å². The molecular formula is C16H32N4O2. The average molecular weight is 312 g/mol. The van der Waals surface area contributed by atoms with Crippen molar-refractivity contribution in [3.05, 3.63) is 0 Å². The molecule has 22 heavy (non-hydrogen) atoms. The first-order valence-electron chi connectivity index (χ1n) is 8.21. The molecule has 0 aromatic heterocycles. The minimum absolute atomic E-state index is 0.0264. The summed E-state index contributed by atoms with van der Waals surface area (Å²) in [6, 6.07) is 0. The monoisotopic (exact) mass is 312 g/mol. The molecule has 0 aromatic carbocycles. The van der Waals surface area contributed by atoms with Crippen molar-refractivity contribution < 1.29 is 9.90 Å². The third kappa shape index (κ3) is 6.64. The third-order valence-electron chi connectivity index (χ3n) is 3.69. The first-order valence-corrected chi connectivity index (χ1v) is 8.21. The maximum absolute atomic E-state index is 12.0. The van der Waals surface area contributed by atoms with E-state index in [0.29, 0.717) is 12.5 Å². The summed E-state index contributed by atoms with van der Waals surface area (Å²) in [6.07, 6.45) is 2.74. The van der Waals surface area contributed by atoms with Crippen LogP contribution in [-0.2, 0) is 4.79 Å². The van der Waals surface area contributed by atoms with E-state index in [9.17, 15) is 9.90 Å². The number of aliphatic hydroxyl groups excluding tert-OH is 1. The predicted molar refractivity (Wildman–Crippen MR) is 89.9 cm³/mol. The Bertz CT molecular complexity index is 390. The van der Waals surface area contributed by atoms with Gasteiger partial charge in [-0.25, -0.2) is 0 Å². The van der Waals surface area contributed by atoms with E-state index in [1.165, 1.54) is 0 Å². The summed E-state index contributed by atoms with van der Waals surface area (Å²) in [5.74, 6) is 0.928. The number of aliphatic imine (C=N–C) groups is 1. The molecule has 3 N–H and O–H groups in total. The van der Waals surface area contributed by atoms with Gasteiger partial charge in [-0.2, -0.15) is 0 Å². The van der Waals surface area contributed by atoms with E-state index < -0.39 is 0 Å². The molecule has 1 amide bonds. The van der Waals surface area contributed by atoms with E-state index in [1.807, 2.05) is 39.6 Å². The lowest BCUT2D eigenvalue weighted by molar-refractivity contribution is -0.122. The van der Waals surface area contributed by atoms with E-state index in [1.54, 1.807) is 0 Å². The van der Waals surface area contributed by atoms with Crippen molar-refractivity contribution in [3.63, 3.8) is 0 Å². The average Bonchev–Trinajstić information content (AvgIpc) is 2.77. The Labute approximate surface area is 134 Å². The van der Waals surface area contributed by atoms with Gasteiger partial charge < -0.3 is 20.6 Å². The molecule has 6 nitrogen and oxygen atoms in total. The summed E-state index contributed by atoms with van der Waals surface area (Å²) in [7, 11) is 1.86. The molecule has 1 saturated carbocycles. The van der Waals surface area contributed by atoms with Gasteiger partial charge in [0.2, 0.25) is 5.91 Å². The molecule has 6 heteroatoms. The topological polar surface area (TPSA) is 77.0 Å². The van der Waals surface area contributed by atoms with Crippen molar-refractivity contribution in [2.45, 2.75) is 58.6 Å². The molecule has 1 aliphatic carbocycles. The van der Waals surface area contributed by atoms with Crippen molar-refractivity contribution in [1.82, 2.24) is 15.5 Å². The van der Waals surface area contributed by atoms with Gasteiger partial charge in [-0.3, -0.25) is 9.79 Å². The van der Waals surface area contributed by atoms with Crippen LogP contribution in [-0.4, -0.2) is 60.2 Å². The maximum atomic E-state index is 12.0. The Balaban J connectivity index is 2.58. The first kappa shape index (κ1) is 18.7. The Morgan fingerprint density at radius 1 is 1.36 bits per heavy atom. The number of nitrogens with one attached hydrogen (secondary N) is 2. The smallest absolute Gasteiger partial charge is 0.240 e. The second kappa shape index (κ2) is 8.36. The second-order valence-electron chi connectivity index (χ2n) is 7.11. The number of guanidine groups is 1. The zero-order valence-electron chi connectivity index (χ0n) is 14.6. The van der Waals surface area contributed by atoms with Crippen molar-refractivity contribution in [3.8, 4) is 0 Å². The van der Waals surface area contributed by atoms with E-state index >= 15 is 0 Å². The fraction of sp³-hybridized carbons (Fsp3) is 0.875. The molecule has 0 aromatic rings. The van der Waals surface area contributed by atoms with Crippen molar-refractivity contribution in [2.24, 2.45) is 10.9 Å². The lowest BCUT2D eigenvalue weighted by Crippen LogP contribution is -2.48. The molecule has 0 aliphatic heterocycles. The van der Waals surface area contributed by atoms with Crippen LogP contribution in [0.3, 0.4) is 0 Å². The Morgan fingerprint density at radius 3 is 2.55 bits per heavy atom. The van der Waals surface area contributed by atoms with Crippen LogP contribution in [0.4, 0.5) is 0 Å². The van der Waals surface area contributed by atoms with Crippen LogP contribution in [0.15, 0.2) is 4.99 Å². The summed E-state index contributed by atoms with van der Waals surface area (Å²) in [5, 5.41) is 16.0. The summed E-state index contributed by atoms with van der Waals surface area (Å²) in [4.78, 5) is 18.4. The molecule has 0 bridgehead atoms. The van der Waals surface area contributed by atoms with Gasteiger partial charge in [0, 0.05) is 31.6 Å². The quantitative estimate of drug-likeness (QED) is 0.522. The molecule has 0 heterocycles. The number of hydrogen-bond donors (Lipinski definition) is 3. The summed E-state index contributed by atoms with van der Waals surface area (Å²) >= 11 is 0. The van der Waals surface area contributed by atoms with E-state index in [-0.39, 0.29) is 30.0 Å². The summed E-state index contributed by atoms with van der Waals surface area (Å²) in [5.41, 5.74) is -0.235. The van der Waals surface area contributed by atoms with Gasteiger partial charge in [0.15, 0.2) is 5.96 Å². The van der Waals surface area contributed by atoms with Crippen LogP contribution in [0.5, 0.6) is 0 Å². The highest BCUT2D eigenvalue weighted by molar-refractivity contribution is 5.86. The Hall–Kier alpha value is -1.30. The van der Waals surface area contributed by atoms with Crippen LogP contribution in [0.25, 0.3) is 0 Å². The van der Waals surface area contributed by atoms with E-state index in [0.717, 1.165) is 25.8 Å². The molecule has 1 rings (SSSR count). The van der Waals surface area contributed by atoms with Gasteiger partial charge in [0.1, 0.15) is 0 Å². The molecular weight excluding hydrogens is 280 g/mol. The number of aliphatic hydroxyl groups is 1. The lowest BCUT2D eigenvalue weighted by Gasteiger charge is -2.25. The number of likely N-dealkylation sites (N-methyl/N-ethyl adjacent to an activating group) is 1. The number of carbonyl (C=O) groups excluding carboxylic acids is 1. The highest BCUT2D eigenvalue weighted by atomic mass is 16.3. The number of rotatable bonds is 5. The first-order chi connectivity index (χ1) is 10.2. The zero-order valence-corrected chi connectivity index (χ0v) is 14.6. The van der Waals surface area contributed by atoms with Crippen LogP contribution in [0, 0.1) is 5.92 Å². The standard InChI is InChI=1S/C16H32N4O2/c1-6-17-15(18-10-12-8-7-9-13(12)21)20(5)11-14(22)19-16(2,3)4/h12-13,21H,6-11H2,1-5H3,(H,17,18)(H,19,22). The van der Waals surface area contributed by atoms with Gasteiger partial charge in [-0.1, -0.05) is 6.42 Å². The Morgan fingerprint density at radius 2 is 2.05 bits per heavy atom. The lowest BCUT2D eigenvalue weighted by atomic mass is 10.1. The largest absolute Gasteiger partial charge is 0.393 e. The molecule has 1 fully saturated rings. The van der Waals surface area contributed by atoms with Crippen LogP contribution < -0.4 is 10.6 Å². The van der Waals surface area contributed by atoms with Crippen molar-refractivity contribution in [1.29, 1.82) is 0 Å². The van der Waals surface area contributed by atoms with E-state index in [4.69, 9.17) is 0 Å². The fourth-order valence-corrected chi connectivity index (χ4v) is 2.65. The van der Waals surface area contributed by atoms with Crippen LogP contribution in [0.2, 0.25) is 0 Å². The summed E-state index contributed by atoms with van der Waals surface area (Å²) in [6.45, 7) is 9.51. The number of hydrogen-bond acceptors (Lipinski definition) is 3. The Kier molecular flexibility index (Phi) is 7.13.